The van der Waals surface area contributed by atoms with E-state index in [0.717, 1.165) is 10.4 Å². The van der Waals surface area contributed by atoms with E-state index in [1.807, 2.05) is 12.1 Å². The molecular formula is C7H4O3. The van der Waals surface area contributed by atoms with Crippen molar-refractivity contribution in [1.29, 1.82) is 0 Å². The summed E-state index contributed by atoms with van der Waals surface area (Å²) < 4.78 is 0. The third-order valence-electron chi connectivity index (χ3n) is 1.63. The fourth-order valence-electron chi connectivity index (χ4n) is 1.01. The number of hydrogen-bond donors (Lipinski definition) is 1. The normalized spacial score (nSPS) is 10.9. The van der Waals surface area contributed by atoms with Crippen molar-refractivity contribution in [2.75, 3.05) is 0 Å². The van der Waals surface area contributed by atoms with E-state index in [9.17, 15) is 4.79 Å². The van der Waals surface area contributed by atoms with Crippen molar-refractivity contribution in [3.05, 3.63) is 34.2 Å². The van der Waals surface area contributed by atoms with Crippen molar-refractivity contribution in [2.24, 2.45) is 0 Å². The Labute approximate surface area is 56.1 Å². The molecule has 0 unspecified atom stereocenters. The Balaban J connectivity index is 2.43. The number of rotatable bonds is 1. The molecule has 2 aliphatic carbocycles. The van der Waals surface area contributed by atoms with Crippen LogP contribution in [0.3, 0.4) is 0 Å². The van der Waals surface area contributed by atoms with E-state index >= 15 is 0 Å². The molecule has 2 rings (SSSR count). The van der Waals surface area contributed by atoms with Gasteiger partial charge in [-0.3, -0.25) is 4.89 Å². The second kappa shape index (κ2) is 1.58. The van der Waals surface area contributed by atoms with Crippen LogP contribution in [0.1, 0.15) is 10.4 Å². The number of benzene rings is 1. The monoisotopic (exact) mass is 136 g/mol. The Morgan fingerprint density at radius 2 is 2.30 bits per heavy atom. The summed E-state index contributed by atoms with van der Waals surface area (Å²) in [6.45, 7) is 0. The predicted octanol–water partition coefficient (Wildman–Crippen LogP) is 0.917. The van der Waals surface area contributed by atoms with Crippen LogP contribution in [-0.2, 0) is 4.89 Å². The minimum Gasteiger partial charge on any atom is -0.295 e. The first-order valence-electron chi connectivity index (χ1n) is 2.83. The molecule has 50 valence electrons. The molecular weight excluding hydrogens is 132 g/mol. The quantitative estimate of drug-likeness (QED) is 0.468. The van der Waals surface area contributed by atoms with Crippen LogP contribution in [0, 0.1) is 10.4 Å². The Kier molecular flexibility index (Phi) is 0.857. The van der Waals surface area contributed by atoms with E-state index in [0.29, 0.717) is 5.56 Å². The molecule has 0 aromatic carbocycles. The Bertz CT molecular complexity index is 380. The standard InChI is InChI=1S/C7H4O3/c8-7(10-9)6-3-4-1-2-5(4)6/h1-3,9H. The zero-order valence-corrected chi connectivity index (χ0v) is 5.00. The van der Waals surface area contributed by atoms with Gasteiger partial charge in [0, 0.05) is 0 Å². The molecule has 0 aromatic rings. The van der Waals surface area contributed by atoms with Crippen LogP contribution >= 0.6 is 0 Å². The van der Waals surface area contributed by atoms with Gasteiger partial charge in [-0.05, 0) is 16.5 Å². The fourth-order valence-corrected chi connectivity index (χ4v) is 1.01. The van der Waals surface area contributed by atoms with Gasteiger partial charge >= 0.3 is 5.97 Å². The van der Waals surface area contributed by atoms with Gasteiger partial charge in [-0.25, -0.2) is 4.79 Å². The summed E-state index contributed by atoms with van der Waals surface area (Å²) in [6.07, 6.45) is 0. The highest BCUT2D eigenvalue weighted by Crippen LogP contribution is 2.15. The number of hydrogen-bond acceptors (Lipinski definition) is 3. The molecule has 2 aliphatic rings. The Morgan fingerprint density at radius 1 is 1.50 bits per heavy atom. The maximum absolute atomic E-state index is 10.6. The van der Waals surface area contributed by atoms with E-state index in [2.05, 4.69) is 4.89 Å². The lowest BCUT2D eigenvalue weighted by molar-refractivity contribution is -0.183. The van der Waals surface area contributed by atoms with Crippen LogP contribution in [0.2, 0.25) is 0 Å². The second-order valence-corrected chi connectivity index (χ2v) is 2.14. The second-order valence-electron chi connectivity index (χ2n) is 2.14. The van der Waals surface area contributed by atoms with Crippen LogP contribution in [0.25, 0.3) is 0 Å². The fraction of sp³-hybridized carbons (Fsp3) is 0. The zero-order chi connectivity index (χ0) is 7.14. The zero-order valence-electron chi connectivity index (χ0n) is 5.00. The summed E-state index contributed by atoms with van der Waals surface area (Å²) >= 11 is 0. The molecule has 0 amide bonds. The Morgan fingerprint density at radius 3 is 2.60 bits per heavy atom. The number of carbonyl (C=O) groups excluding carboxylic acids is 1. The molecule has 0 aromatic heterocycles. The average Bonchev–Trinajstić information content (AvgIpc) is 1.93. The molecule has 0 spiro atoms. The molecule has 0 aliphatic heterocycles. The molecule has 0 saturated carbocycles. The van der Waals surface area contributed by atoms with Crippen molar-refractivity contribution in [3.8, 4) is 0 Å². The SMILES string of the molecule is O=C(OO)c1cc2ccc1=2. The molecule has 0 bridgehead atoms. The summed E-state index contributed by atoms with van der Waals surface area (Å²) in [5.74, 6) is -0.678. The Hall–Kier alpha value is -1.35. The molecule has 0 atom stereocenters. The molecule has 3 heteroatoms. The third kappa shape index (κ3) is 0.453. The first kappa shape index (κ1) is 5.44. The largest absolute Gasteiger partial charge is 0.373 e. The molecule has 3 nitrogen and oxygen atoms in total. The van der Waals surface area contributed by atoms with Crippen LogP contribution in [0.5, 0.6) is 0 Å². The summed E-state index contributed by atoms with van der Waals surface area (Å²) in [6, 6.07) is 5.37. The summed E-state index contributed by atoms with van der Waals surface area (Å²) in [5, 5.41) is 9.91. The first-order valence-corrected chi connectivity index (χ1v) is 2.83. The van der Waals surface area contributed by atoms with Crippen LogP contribution in [-0.4, -0.2) is 11.2 Å². The molecule has 0 fully saturated rings. The predicted molar refractivity (Wildman–Crippen MR) is 32.2 cm³/mol. The van der Waals surface area contributed by atoms with Gasteiger partial charge in [-0.1, -0.05) is 12.1 Å². The maximum atomic E-state index is 10.6. The third-order valence-corrected chi connectivity index (χ3v) is 1.63. The van der Waals surface area contributed by atoms with Gasteiger partial charge in [-0.15, -0.1) is 0 Å². The summed E-state index contributed by atoms with van der Waals surface area (Å²) in [4.78, 5) is 14.1. The molecule has 0 radical (unpaired) electrons. The summed E-state index contributed by atoms with van der Waals surface area (Å²) in [7, 11) is 0. The maximum Gasteiger partial charge on any atom is 0.373 e. The summed E-state index contributed by atoms with van der Waals surface area (Å²) in [5.41, 5.74) is 0.458. The van der Waals surface area contributed by atoms with Crippen molar-refractivity contribution in [1.82, 2.24) is 0 Å². The average molecular weight is 136 g/mol. The van der Waals surface area contributed by atoms with E-state index in [1.54, 1.807) is 6.07 Å². The van der Waals surface area contributed by atoms with E-state index in [-0.39, 0.29) is 0 Å². The van der Waals surface area contributed by atoms with Crippen molar-refractivity contribution in [2.45, 2.75) is 0 Å². The van der Waals surface area contributed by atoms with E-state index in [4.69, 9.17) is 5.26 Å². The van der Waals surface area contributed by atoms with Gasteiger partial charge in [-0.2, -0.15) is 5.26 Å². The van der Waals surface area contributed by atoms with Crippen molar-refractivity contribution >= 4 is 5.97 Å². The van der Waals surface area contributed by atoms with Gasteiger partial charge in [0.15, 0.2) is 0 Å². The van der Waals surface area contributed by atoms with E-state index in [1.165, 1.54) is 0 Å². The lowest BCUT2D eigenvalue weighted by Gasteiger charge is -2.06. The van der Waals surface area contributed by atoms with E-state index < -0.39 is 5.97 Å². The van der Waals surface area contributed by atoms with Crippen LogP contribution in [0.15, 0.2) is 18.2 Å². The topological polar surface area (TPSA) is 46.5 Å². The lowest BCUT2D eigenvalue weighted by atomic mass is 9.99. The minimum absolute atomic E-state index is 0.458. The molecule has 1 N–H and O–H groups in total. The van der Waals surface area contributed by atoms with Crippen LogP contribution < -0.4 is 0 Å². The van der Waals surface area contributed by atoms with Crippen molar-refractivity contribution < 1.29 is 14.9 Å². The van der Waals surface area contributed by atoms with Crippen molar-refractivity contribution in [3.63, 3.8) is 0 Å². The van der Waals surface area contributed by atoms with Gasteiger partial charge < -0.3 is 0 Å². The number of carbonyl (C=O) groups is 1. The van der Waals surface area contributed by atoms with Crippen LogP contribution in [0.4, 0.5) is 0 Å². The highest BCUT2D eigenvalue weighted by Gasteiger charge is 2.14. The van der Waals surface area contributed by atoms with Gasteiger partial charge in [0.25, 0.3) is 0 Å². The molecule has 0 saturated heterocycles. The highest BCUT2D eigenvalue weighted by molar-refractivity contribution is 5.90. The molecule has 10 heavy (non-hydrogen) atoms. The van der Waals surface area contributed by atoms with Gasteiger partial charge in [0.2, 0.25) is 0 Å². The first-order chi connectivity index (χ1) is 4.83. The minimum atomic E-state index is -0.678. The molecule has 0 heterocycles. The highest BCUT2D eigenvalue weighted by atomic mass is 17.1. The smallest absolute Gasteiger partial charge is 0.295 e. The van der Waals surface area contributed by atoms with Gasteiger partial charge in [0.1, 0.15) is 0 Å². The lowest BCUT2D eigenvalue weighted by Crippen LogP contribution is -2.07. The van der Waals surface area contributed by atoms with Gasteiger partial charge in [0.05, 0.1) is 5.56 Å².